The minimum Gasteiger partial charge on any atom is -0.398 e. The van der Waals surface area contributed by atoms with Crippen LogP contribution in [-0.2, 0) is 27.3 Å². The van der Waals surface area contributed by atoms with Crippen molar-refractivity contribution < 1.29 is 32.2 Å². The molecule has 0 aliphatic carbocycles. The first-order valence-corrected chi connectivity index (χ1v) is 9.80. The van der Waals surface area contributed by atoms with Crippen molar-refractivity contribution in [3.05, 3.63) is 70.6 Å². The van der Waals surface area contributed by atoms with Gasteiger partial charge >= 0.3 is 12.1 Å². The van der Waals surface area contributed by atoms with Gasteiger partial charge in [0.15, 0.2) is 5.71 Å². The highest BCUT2D eigenvalue weighted by Crippen LogP contribution is 2.29. The van der Waals surface area contributed by atoms with Crippen molar-refractivity contribution in [2.45, 2.75) is 26.6 Å². The molecular weight excluding hydrogens is 455 g/mol. The standard InChI is InChI=1S/C22H20F3N5O4/c1-12-6-4-9-16(18(19(26)31)29-32-3)17(12)11-33-28-13(2)14-7-5-8-15(10-14)20-27-21(34-30-20)22(23,24)25/h4-10H,11H2,1-3H3,(H2,26,31)/b28-13+,29-18+. The predicted molar refractivity (Wildman–Crippen MR) is 116 cm³/mol. The van der Waals surface area contributed by atoms with E-state index in [1.54, 1.807) is 43.3 Å². The fraction of sp³-hybridized carbons (Fsp3) is 0.227. The number of aryl methyl sites for hydroxylation is 1. The molecule has 0 unspecified atom stereocenters. The molecule has 0 radical (unpaired) electrons. The van der Waals surface area contributed by atoms with E-state index in [4.69, 9.17) is 15.4 Å². The molecule has 0 aliphatic heterocycles. The first kappa shape index (κ1) is 24.4. The van der Waals surface area contributed by atoms with Gasteiger partial charge in [-0.2, -0.15) is 18.2 Å². The lowest BCUT2D eigenvalue weighted by atomic mass is 9.98. The second-order valence-corrected chi connectivity index (χ2v) is 7.04. The van der Waals surface area contributed by atoms with Crippen molar-refractivity contribution in [3.63, 3.8) is 0 Å². The number of hydrogen-bond donors (Lipinski definition) is 1. The number of aromatic nitrogens is 2. The van der Waals surface area contributed by atoms with Gasteiger partial charge < -0.3 is 19.9 Å². The summed E-state index contributed by atoms with van der Waals surface area (Å²) in [5, 5.41) is 11.2. The molecule has 1 aromatic heterocycles. The van der Waals surface area contributed by atoms with Gasteiger partial charge in [-0.25, -0.2) is 0 Å². The van der Waals surface area contributed by atoms with Gasteiger partial charge in [0.25, 0.3) is 5.91 Å². The topological polar surface area (TPSA) is 125 Å². The number of oxime groups is 2. The minimum atomic E-state index is -4.73. The Morgan fingerprint density at radius 1 is 1.18 bits per heavy atom. The molecule has 0 saturated heterocycles. The van der Waals surface area contributed by atoms with Crippen LogP contribution in [0, 0.1) is 6.92 Å². The van der Waals surface area contributed by atoms with E-state index in [1.165, 1.54) is 7.11 Å². The van der Waals surface area contributed by atoms with E-state index in [1.807, 2.05) is 13.0 Å². The highest BCUT2D eigenvalue weighted by molar-refractivity contribution is 6.45. The van der Waals surface area contributed by atoms with Gasteiger partial charge in [0.05, 0.1) is 5.71 Å². The molecule has 0 spiro atoms. The van der Waals surface area contributed by atoms with E-state index in [-0.39, 0.29) is 18.1 Å². The van der Waals surface area contributed by atoms with Crippen molar-refractivity contribution in [1.29, 1.82) is 0 Å². The normalized spacial score (nSPS) is 12.5. The SMILES string of the molecule is CO/N=C(/C(N)=O)c1cccc(C)c1CO/N=C(\C)c1cccc(-c2noc(C(F)(F)F)n2)c1. The summed E-state index contributed by atoms with van der Waals surface area (Å²) in [5.41, 5.74) is 8.58. The van der Waals surface area contributed by atoms with Crippen molar-refractivity contribution in [2.75, 3.05) is 7.11 Å². The maximum absolute atomic E-state index is 12.7. The summed E-state index contributed by atoms with van der Waals surface area (Å²) >= 11 is 0. The first-order chi connectivity index (χ1) is 16.1. The van der Waals surface area contributed by atoms with Crippen LogP contribution in [-0.4, -0.2) is 34.6 Å². The van der Waals surface area contributed by atoms with Crippen molar-refractivity contribution in [2.24, 2.45) is 16.0 Å². The number of primary amides is 1. The van der Waals surface area contributed by atoms with E-state index in [0.29, 0.717) is 28.0 Å². The third-order valence-corrected chi connectivity index (χ3v) is 4.70. The Hall–Kier alpha value is -4.22. The number of amides is 1. The number of benzene rings is 2. The number of nitrogens with two attached hydrogens (primary N) is 1. The Morgan fingerprint density at radius 3 is 2.56 bits per heavy atom. The van der Waals surface area contributed by atoms with Crippen LogP contribution in [0.1, 0.15) is 35.1 Å². The summed E-state index contributed by atoms with van der Waals surface area (Å²) in [6.45, 7) is 3.49. The van der Waals surface area contributed by atoms with Crippen molar-refractivity contribution in [3.8, 4) is 11.4 Å². The number of carbonyl (C=O) groups is 1. The molecule has 34 heavy (non-hydrogen) atoms. The zero-order chi connectivity index (χ0) is 24.9. The maximum Gasteiger partial charge on any atom is 0.471 e. The molecule has 12 heteroatoms. The Balaban J connectivity index is 1.81. The smallest absolute Gasteiger partial charge is 0.398 e. The summed E-state index contributed by atoms with van der Waals surface area (Å²) in [6.07, 6.45) is -4.73. The summed E-state index contributed by atoms with van der Waals surface area (Å²) in [6, 6.07) is 11.7. The lowest BCUT2D eigenvalue weighted by molar-refractivity contribution is -0.159. The minimum absolute atomic E-state index is 0.00512. The third kappa shape index (κ3) is 5.57. The first-order valence-electron chi connectivity index (χ1n) is 9.80. The lowest BCUT2D eigenvalue weighted by Crippen LogP contribution is -2.26. The second-order valence-electron chi connectivity index (χ2n) is 7.04. The number of nitrogens with zero attached hydrogens (tertiary/aromatic N) is 4. The molecule has 3 aromatic rings. The monoisotopic (exact) mass is 475 g/mol. The molecule has 0 aliphatic rings. The van der Waals surface area contributed by atoms with Gasteiger partial charge in [-0.1, -0.05) is 51.9 Å². The van der Waals surface area contributed by atoms with Crippen LogP contribution in [0.2, 0.25) is 0 Å². The summed E-state index contributed by atoms with van der Waals surface area (Å²) in [5.74, 6) is -2.40. The van der Waals surface area contributed by atoms with Gasteiger partial charge in [-0.3, -0.25) is 4.79 Å². The average Bonchev–Trinajstić information content (AvgIpc) is 3.29. The van der Waals surface area contributed by atoms with Crippen LogP contribution in [0.25, 0.3) is 11.4 Å². The van der Waals surface area contributed by atoms with Gasteiger partial charge in [0, 0.05) is 16.7 Å². The fourth-order valence-electron chi connectivity index (χ4n) is 3.02. The molecule has 178 valence electrons. The van der Waals surface area contributed by atoms with Crippen LogP contribution in [0.4, 0.5) is 13.2 Å². The van der Waals surface area contributed by atoms with Crippen LogP contribution >= 0.6 is 0 Å². The highest BCUT2D eigenvalue weighted by atomic mass is 19.4. The highest BCUT2D eigenvalue weighted by Gasteiger charge is 2.38. The lowest BCUT2D eigenvalue weighted by Gasteiger charge is -2.12. The molecule has 0 saturated carbocycles. The Kier molecular flexibility index (Phi) is 7.29. The molecule has 0 fully saturated rings. The predicted octanol–water partition coefficient (Wildman–Crippen LogP) is 3.84. The van der Waals surface area contributed by atoms with E-state index < -0.39 is 18.0 Å². The third-order valence-electron chi connectivity index (χ3n) is 4.70. The Morgan fingerprint density at radius 2 is 1.91 bits per heavy atom. The molecule has 0 atom stereocenters. The molecule has 2 N–H and O–H groups in total. The summed E-state index contributed by atoms with van der Waals surface area (Å²) in [7, 11) is 1.30. The quantitative estimate of drug-likeness (QED) is 0.390. The van der Waals surface area contributed by atoms with Crippen molar-refractivity contribution in [1.82, 2.24) is 10.1 Å². The Bertz CT molecular complexity index is 1250. The van der Waals surface area contributed by atoms with Crippen LogP contribution < -0.4 is 5.73 Å². The van der Waals surface area contributed by atoms with Gasteiger partial charge in [-0.05, 0) is 31.0 Å². The summed E-state index contributed by atoms with van der Waals surface area (Å²) in [4.78, 5) is 25.4. The zero-order valence-electron chi connectivity index (χ0n) is 18.4. The van der Waals surface area contributed by atoms with Crippen LogP contribution in [0.3, 0.4) is 0 Å². The van der Waals surface area contributed by atoms with E-state index in [0.717, 1.165) is 5.56 Å². The van der Waals surface area contributed by atoms with E-state index in [2.05, 4.69) is 25.0 Å². The van der Waals surface area contributed by atoms with Crippen LogP contribution in [0.15, 0.2) is 57.3 Å². The summed E-state index contributed by atoms with van der Waals surface area (Å²) < 4.78 is 42.5. The molecule has 2 aromatic carbocycles. The van der Waals surface area contributed by atoms with Crippen LogP contribution in [0.5, 0.6) is 0 Å². The number of rotatable bonds is 8. The second kappa shape index (κ2) is 10.1. The largest absolute Gasteiger partial charge is 0.471 e. The molecule has 3 rings (SSSR count). The molecule has 9 nitrogen and oxygen atoms in total. The average molecular weight is 475 g/mol. The van der Waals surface area contributed by atoms with E-state index >= 15 is 0 Å². The number of hydrogen-bond acceptors (Lipinski definition) is 8. The zero-order valence-corrected chi connectivity index (χ0v) is 18.4. The maximum atomic E-state index is 12.7. The van der Waals surface area contributed by atoms with Gasteiger partial charge in [0.2, 0.25) is 5.82 Å². The number of carbonyl (C=O) groups excluding carboxylic acids is 1. The number of alkyl halides is 3. The Labute approximate surface area is 192 Å². The molecule has 1 amide bonds. The van der Waals surface area contributed by atoms with Crippen molar-refractivity contribution >= 4 is 17.3 Å². The van der Waals surface area contributed by atoms with E-state index in [9.17, 15) is 18.0 Å². The fourth-order valence-corrected chi connectivity index (χ4v) is 3.02. The van der Waals surface area contributed by atoms with Gasteiger partial charge in [0.1, 0.15) is 13.7 Å². The molecule has 0 bridgehead atoms. The molecule has 1 heterocycles. The molecular formula is C22H20F3N5O4. The number of halogens is 3. The van der Waals surface area contributed by atoms with Gasteiger partial charge in [-0.15, -0.1) is 0 Å².